The fraction of sp³-hybridized carbons (Fsp3) is 0.415. The largest absolute Gasteiger partial charge is 0.491 e. The summed E-state index contributed by atoms with van der Waals surface area (Å²) in [5, 5.41) is 7.41. The van der Waals surface area contributed by atoms with Gasteiger partial charge in [-0.1, -0.05) is 52.0 Å². The maximum absolute atomic E-state index is 13.5. The Labute approximate surface area is 316 Å². The van der Waals surface area contributed by atoms with Gasteiger partial charge in [-0.05, 0) is 62.4 Å². The van der Waals surface area contributed by atoms with Gasteiger partial charge in [-0.2, -0.15) is 4.99 Å². The number of fused-ring (bicyclic) bond motifs is 1. The highest BCUT2D eigenvalue weighted by Crippen LogP contribution is 2.49. The highest BCUT2D eigenvalue weighted by Gasteiger charge is 2.33. The second kappa shape index (κ2) is 16.6. The van der Waals surface area contributed by atoms with Crippen LogP contribution in [0.5, 0.6) is 23.0 Å². The van der Waals surface area contributed by atoms with E-state index in [-0.39, 0.29) is 29.3 Å². The van der Waals surface area contributed by atoms with E-state index >= 15 is 0 Å². The summed E-state index contributed by atoms with van der Waals surface area (Å²) < 4.78 is 23.3. The van der Waals surface area contributed by atoms with Crippen LogP contribution in [-0.4, -0.2) is 78.5 Å². The number of urea groups is 1. The van der Waals surface area contributed by atoms with Crippen molar-refractivity contribution in [3.05, 3.63) is 72.1 Å². The number of benzene rings is 3. The maximum Gasteiger partial charge on any atom is 0.410 e. The number of nitrogens with zero attached hydrogens (tertiary/aromatic N) is 4. The Morgan fingerprint density at radius 3 is 2.28 bits per heavy atom. The minimum atomic E-state index is -0.544. The van der Waals surface area contributed by atoms with E-state index in [9.17, 15) is 14.4 Å². The van der Waals surface area contributed by atoms with Gasteiger partial charge < -0.3 is 34.5 Å². The standard InChI is InChI=1S/C41H50N6O7/c1-10-27-24-46(19-20-47(27)39(50)54-41(5,6)7)23-26-21-28(17-18-42-26)53-34-16-15-32(29-13-11-12-14-30(29)34)44-38(49)45-33-22-31(40(2,3)4)35(43-25-48)37(52-9)36(33)51-8/h11-18,21-22,27H,10,19-20,23-24H2,1-9H3,(H2,44,45,49). The fourth-order valence-corrected chi connectivity index (χ4v) is 6.52. The SMILES string of the molecule is CCC1CN(Cc2cc(Oc3ccc(NC(=O)Nc4cc(C(C)(C)C)c(N=C=O)c(OC)c4OC)c4ccccc34)ccn2)CCN1C(=O)OC(C)(C)C. The van der Waals surface area contributed by atoms with Gasteiger partial charge in [0.2, 0.25) is 6.08 Å². The van der Waals surface area contributed by atoms with Crippen LogP contribution in [0.25, 0.3) is 10.8 Å². The van der Waals surface area contributed by atoms with Crippen LogP contribution in [0.1, 0.15) is 66.1 Å². The number of carbonyl (C=O) groups is 2. The summed E-state index contributed by atoms with van der Waals surface area (Å²) >= 11 is 0. The molecule has 1 aliphatic heterocycles. The highest BCUT2D eigenvalue weighted by atomic mass is 16.6. The Morgan fingerprint density at radius 1 is 0.926 bits per heavy atom. The first-order chi connectivity index (χ1) is 25.6. The highest BCUT2D eigenvalue weighted by molar-refractivity contribution is 6.08. The average molecular weight is 739 g/mol. The van der Waals surface area contributed by atoms with E-state index in [4.69, 9.17) is 18.9 Å². The molecular weight excluding hydrogens is 688 g/mol. The first-order valence-electron chi connectivity index (χ1n) is 18.0. The molecular formula is C41H50N6O7. The molecule has 3 aromatic carbocycles. The Hall–Kier alpha value is -5.65. The molecule has 1 fully saturated rings. The number of rotatable bonds is 10. The molecule has 1 atom stereocenters. The van der Waals surface area contributed by atoms with Crippen LogP contribution in [0.2, 0.25) is 0 Å². The Kier molecular flexibility index (Phi) is 12.1. The van der Waals surface area contributed by atoms with Gasteiger partial charge in [0.25, 0.3) is 0 Å². The monoisotopic (exact) mass is 738 g/mol. The Bertz CT molecular complexity index is 2050. The van der Waals surface area contributed by atoms with Crippen LogP contribution in [0, 0.1) is 0 Å². The summed E-state index contributed by atoms with van der Waals surface area (Å²) in [6.45, 7) is 16.2. The molecule has 0 saturated carbocycles. The van der Waals surface area contributed by atoms with Crippen molar-refractivity contribution in [2.24, 2.45) is 4.99 Å². The molecule has 5 rings (SSSR count). The van der Waals surface area contributed by atoms with Crippen LogP contribution in [0.15, 0.2) is 65.8 Å². The summed E-state index contributed by atoms with van der Waals surface area (Å²) in [7, 11) is 2.89. The lowest BCUT2D eigenvalue weighted by atomic mass is 9.85. The fourth-order valence-electron chi connectivity index (χ4n) is 6.52. The predicted octanol–water partition coefficient (Wildman–Crippen LogP) is 8.78. The van der Waals surface area contributed by atoms with Gasteiger partial charge >= 0.3 is 12.1 Å². The van der Waals surface area contributed by atoms with Crippen molar-refractivity contribution in [1.29, 1.82) is 0 Å². The lowest BCUT2D eigenvalue weighted by molar-refractivity contribution is -0.00315. The van der Waals surface area contributed by atoms with Gasteiger partial charge in [-0.25, -0.2) is 14.4 Å². The van der Waals surface area contributed by atoms with Crippen LogP contribution >= 0.6 is 0 Å². The molecule has 3 amide bonds. The number of methoxy groups -OCH3 is 2. The lowest BCUT2D eigenvalue weighted by Crippen LogP contribution is -2.55. The normalized spacial score (nSPS) is 14.9. The van der Waals surface area contributed by atoms with Crippen LogP contribution in [0.4, 0.5) is 26.7 Å². The first-order valence-corrected chi connectivity index (χ1v) is 18.0. The van der Waals surface area contributed by atoms with Crippen LogP contribution < -0.4 is 24.8 Å². The third-order valence-corrected chi connectivity index (χ3v) is 9.03. The summed E-state index contributed by atoms with van der Waals surface area (Å²) in [6, 6.07) is 16.2. The molecule has 54 heavy (non-hydrogen) atoms. The van der Waals surface area contributed by atoms with Gasteiger partial charge in [-0.15, -0.1) is 0 Å². The molecule has 13 heteroatoms. The zero-order valence-corrected chi connectivity index (χ0v) is 32.5. The predicted molar refractivity (Wildman–Crippen MR) is 209 cm³/mol. The molecule has 0 spiro atoms. The molecule has 2 heterocycles. The smallest absolute Gasteiger partial charge is 0.410 e. The van der Waals surface area contributed by atoms with Crippen molar-refractivity contribution in [3.8, 4) is 23.0 Å². The number of pyridine rings is 1. The molecule has 0 bridgehead atoms. The summed E-state index contributed by atoms with van der Waals surface area (Å²) in [5.74, 6) is 1.66. The molecule has 1 aliphatic rings. The van der Waals surface area contributed by atoms with E-state index in [0.717, 1.165) is 22.9 Å². The van der Waals surface area contributed by atoms with Gasteiger partial charge in [-0.3, -0.25) is 9.88 Å². The van der Waals surface area contributed by atoms with Crippen LogP contribution in [0.3, 0.4) is 0 Å². The topological polar surface area (TPSA) is 144 Å². The third kappa shape index (κ3) is 9.28. The van der Waals surface area contributed by atoms with Crippen molar-refractivity contribution in [1.82, 2.24) is 14.8 Å². The van der Waals surface area contributed by atoms with Gasteiger partial charge in [0.15, 0.2) is 11.5 Å². The van der Waals surface area contributed by atoms with Crippen LogP contribution in [-0.2, 0) is 21.5 Å². The van der Waals surface area contributed by atoms with E-state index in [1.165, 1.54) is 14.2 Å². The molecule has 4 aromatic rings. The number of carbonyl (C=O) groups excluding carboxylic acids is 3. The third-order valence-electron chi connectivity index (χ3n) is 9.03. The molecule has 286 valence electrons. The van der Waals surface area contributed by atoms with E-state index in [0.29, 0.717) is 54.6 Å². The molecule has 1 aromatic heterocycles. The van der Waals surface area contributed by atoms with Crippen molar-refractivity contribution < 1.29 is 33.3 Å². The molecule has 1 unspecified atom stereocenters. The summed E-state index contributed by atoms with van der Waals surface area (Å²) in [6.07, 6.45) is 3.87. The second-order valence-corrected chi connectivity index (χ2v) is 15.1. The number of aromatic nitrogens is 1. The number of isocyanates is 1. The zero-order chi connectivity index (χ0) is 39.2. The van der Waals surface area contributed by atoms with Gasteiger partial charge in [0.05, 0.1) is 31.3 Å². The minimum Gasteiger partial charge on any atom is -0.491 e. The van der Waals surface area contributed by atoms with Gasteiger partial charge in [0, 0.05) is 55.3 Å². The molecule has 1 saturated heterocycles. The zero-order valence-electron chi connectivity index (χ0n) is 32.5. The molecule has 0 aliphatic carbocycles. The van der Waals surface area contributed by atoms with Crippen molar-refractivity contribution in [2.45, 2.75) is 78.5 Å². The van der Waals surface area contributed by atoms with Crippen molar-refractivity contribution in [3.63, 3.8) is 0 Å². The number of aliphatic imine (C=N–C) groups is 1. The number of nitrogens with one attached hydrogen (secondary N) is 2. The van der Waals surface area contributed by atoms with E-state index in [2.05, 4.69) is 32.4 Å². The van der Waals surface area contributed by atoms with E-state index in [1.807, 2.05) is 88.9 Å². The maximum atomic E-state index is 13.5. The summed E-state index contributed by atoms with van der Waals surface area (Å²) in [4.78, 5) is 50.3. The number of hydrogen-bond acceptors (Lipinski definition) is 10. The first kappa shape index (κ1) is 39.6. The number of hydrogen-bond donors (Lipinski definition) is 2. The van der Waals surface area contributed by atoms with Crippen molar-refractivity contribution >= 4 is 46.0 Å². The number of anilines is 2. The van der Waals surface area contributed by atoms with E-state index in [1.54, 1.807) is 24.4 Å². The van der Waals surface area contributed by atoms with Crippen molar-refractivity contribution in [2.75, 3.05) is 44.5 Å². The molecule has 0 radical (unpaired) electrons. The van der Waals surface area contributed by atoms with E-state index < -0.39 is 17.0 Å². The average Bonchev–Trinajstić information content (AvgIpc) is 3.11. The quantitative estimate of drug-likeness (QED) is 0.121. The number of amides is 3. The Morgan fingerprint density at radius 2 is 1.63 bits per heavy atom. The second-order valence-electron chi connectivity index (χ2n) is 15.1. The number of piperazine rings is 1. The summed E-state index contributed by atoms with van der Waals surface area (Å²) in [5.41, 5.74) is 1.70. The lowest BCUT2D eigenvalue weighted by Gasteiger charge is -2.41. The minimum absolute atomic E-state index is 0.0445. The molecule has 13 nitrogen and oxygen atoms in total. The Balaban J connectivity index is 1.32. The number of ether oxygens (including phenoxy) is 4. The molecule has 2 N–H and O–H groups in total. The van der Waals surface area contributed by atoms with Gasteiger partial charge in [0.1, 0.15) is 22.8 Å².